The van der Waals surface area contributed by atoms with Gasteiger partial charge in [0.25, 0.3) is 0 Å². The minimum absolute atomic E-state index is 0.0647. The molecule has 0 saturated carbocycles. The van der Waals surface area contributed by atoms with E-state index in [1.54, 1.807) is 30.3 Å². The number of allylic oxidation sites excluding steroid dienone is 1. The summed E-state index contributed by atoms with van der Waals surface area (Å²) in [5.41, 5.74) is 0.592. The van der Waals surface area contributed by atoms with Crippen molar-refractivity contribution in [1.29, 1.82) is 0 Å². The van der Waals surface area contributed by atoms with E-state index in [-0.39, 0.29) is 30.3 Å². The number of benzene rings is 2. The molecule has 0 amide bonds. The first-order valence-electron chi connectivity index (χ1n) is 8.25. The Labute approximate surface area is 162 Å². The van der Waals surface area contributed by atoms with Gasteiger partial charge in [0.05, 0.1) is 18.8 Å². The van der Waals surface area contributed by atoms with Crippen LogP contribution in [0, 0.1) is 0 Å². The number of esters is 1. The smallest absolute Gasteiger partial charge is 0.373 e. The second-order valence-electron chi connectivity index (χ2n) is 5.54. The Morgan fingerprint density at radius 2 is 1.85 bits per heavy atom. The van der Waals surface area contributed by atoms with E-state index in [1.807, 2.05) is 0 Å². The zero-order valence-electron chi connectivity index (χ0n) is 14.7. The molecule has 0 spiro atoms. The third-order valence-electron chi connectivity index (χ3n) is 3.62. The van der Waals surface area contributed by atoms with Crippen LogP contribution in [0.5, 0.6) is 11.5 Å². The quantitative estimate of drug-likeness (QED) is 0.160. The maximum Gasteiger partial charge on any atom is 0.373 e. The lowest BCUT2D eigenvalue weighted by Crippen LogP contribution is -2.11. The first kappa shape index (κ1) is 20.4. The normalized spacial score (nSPS) is 11.1. The van der Waals surface area contributed by atoms with Crippen LogP contribution in [-0.4, -0.2) is 35.2 Å². The molecule has 0 saturated heterocycles. The van der Waals surface area contributed by atoms with E-state index < -0.39 is 11.7 Å². The number of phenols is 1. The number of thiol groups is 1. The topological polar surface area (TPSA) is 93.1 Å². The Morgan fingerprint density at radius 3 is 2.52 bits per heavy atom. The van der Waals surface area contributed by atoms with Gasteiger partial charge in [0.2, 0.25) is 0 Å². The number of aliphatic hydroxyl groups excluding tert-OH is 1. The van der Waals surface area contributed by atoms with Gasteiger partial charge in [0.15, 0.2) is 11.5 Å². The summed E-state index contributed by atoms with van der Waals surface area (Å²) in [4.78, 5) is 24.1. The summed E-state index contributed by atoms with van der Waals surface area (Å²) < 4.78 is 10.3. The molecule has 0 bridgehead atoms. The molecule has 0 atom stereocenters. The van der Waals surface area contributed by atoms with Crippen LogP contribution in [0.25, 0.3) is 0 Å². The molecule has 2 aromatic carbocycles. The molecule has 2 N–H and O–H groups in total. The largest absolute Gasteiger partial charge is 0.507 e. The van der Waals surface area contributed by atoms with Crippen molar-refractivity contribution in [1.82, 2.24) is 0 Å². The summed E-state index contributed by atoms with van der Waals surface area (Å²) in [7, 11) is 0. The minimum Gasteiger partial charge on any atom is -0.507 e. The summed E-state index contributed by atoms with van der Waals surface area (Å²) in [6, 6.07) is 11.4. The molecule has 0 aliphatic heterocycles. The van der Waals surface area contributed by atoms with Gasteiger partial charge >= 0.3 is 5.97 Å². The van der Waals surface area contributed by atoms with Crippen LogP contribution in [0.2, 0.25) is 0 Å². The van der Waals surface area contributed by atoms with Crippen LogP contribution in [0.3, 0.4) is 0 Å². The van der Waals surface area contributed by atoms with Gasteiger partial charge < -0.3 is 19.7 Å². The maximum absolute atomic E-state index is 12.5. The summed E-state index contributed by atoms with van der Waals surface area (Å²) in [5, 5.41) is 19.3. The second-order valence-corrected chi connectivity index (χ2v) is 6.03. The third-order valence-corrected chi connectivity index (χ3v) is 3.97. The maximum atomic E-state index is 12.5. The monoisotopic (exact) mass is 388 g/mol. The Kier molecular flexibility index (Phi) is 7.31. The van der Waals surface area contributed by atoms with Gasteiger partial charge in [-0.3, -0.25) is 4.79 Å². The molecular formula is C20H20O6S. The Bertz CT molecular complexity index is 845. The van der Waals surface area contributed by atoms with Crippen molar-refractivity contribution < 1.29 is 29.3 Å². The van der Waals surface area contributed by atoms with Crippen molar-refractivity contribution in [3.63, 3.8) is 0 Å². The Hall–Kier alpha value is -2.93. The minimum atomic E-state index is -0.797. The SMILES string of the molecule is CC=C(O)C(=O)OCCCOc1cc(O)c(C(=O)c2ccccc2)cc1S. The van der Waals surface area contributed by atoms with Gasteiger partial charge in [-0.2, -0.15) is 0 Å². The highest BCUT2D eigenvalue weighted by Gasteiger charge is 2.16. The van der Waals surface area contributed by atoms with Crippen molar-refractivity contribution in [2.75, 3.05) is 13.2 Å². The molecular weight excluding hydrogens is 368 g/mol. The van der Waals surface area contributed by atoms with Crippen molar-refractivity contribution in [3.8, 4) is 11.5 Å². The summed E-state index contributed by atoms with van der Waals surface area (Å²) in [6.45, 7) is 1.78. The highest BCUT2D eigenvalue weighted by molar-refractivity contribution is 7.80. The molecule has 0 fully saturated rings. The summed E-state index contributed by atoms with van der Waals surface area (Å²) in [6.07, 6.45) is 1.62. The molecule has 7 heteroatoms. The first-order valence-corrected chi connectivity index (χ1v) is 8.69. The zero-order chi connectivity index (χ0) is 19.8. The fourth-order valence-corrected chi connectivity index (χ4v) is 2.46. The highest BCUT2D eigenvalue weighted by Crippen LogP contribution is 2.32. The zero-order valence-corrected chi connectivity index (χ0v) is 15.6. The molecule has 0 aromatic heterocycles. The standard InChI is InChI=1S/C20H20O6S/c1-2-15(21)20(24)26-10-6-9-25-17-12-16(22)14(11-18(17)27)19(23)13-7-4-3-5-8-13/h2-5,7-8,11-12,21-22,27H,6,9-10H2,1H3. The fourth-order valence-electron chi connectivity index (χ4n) is 2.20. The molecule has 27 heavy (non-hydrogen) atoms. The van der Waals surface area contributed by atoms with E-state index in [9.17, 15) is 19.8 Å². The van der Waals surface area contributed by atoms with Crippen molar-refractivity contribution >= 4 is 24.4 Å². The Balaban J connectivity index is 1.95. The van der Waals surface area contributed by atoms with Crippen LogP contribution < -0.4 is 4.74 Å². The average molecular weight is 388 g/mol. The molecule has 2 rings (SSSR count). The van der Waals surface area contributed by atoms with Crippen LogP contribution in [0.1, 0.15) is 29.3 Å². The predicted molar refractivity (Wildman–Crippen MR) is 103 cm³/mol. The predicted octanol–water partition coefficient (Wildman–Crippen LogP) is 3.69. The second kappa shape index (κ2) is 9.68. The third kappa shape index (κ3) is 5.52. The number of aliphatic hydroxyl groups is 1. The lowest BCUT2D eigenvalue weighted by molar-refractivity contribution is -0.142. The van der Waals surface area contributed by atoms with E-state index in [1.165, 1.54) is 25.1 Å². The number of hydrogen-bond acceptors (Lipinski definition) is 7. The molecule has 0 unspecified atom stereocenters. The van der Waals surface area contributed by atoms with Gasteiger partial charge in [-0.15, -0.1) is 12.6 Å². The molecule has 142 valence electrons. The molecule has 0 radical (unpaired) electrons. The molecule has 6 nitrogen and oxygen atoms in total. The Morgan fingerprint density at radius 1 is 1.15 bits per heavy atom. The number of hydrogen-bond donors (Lipinski definition) is 3. The number of ether oxygens (including phenoxy) is 2. The van der Waals surface area contributed by atoms with Gasteiger partial charge in [0.1, 0.15) is 11.5 Å². The average Bonchev–Trinajstić information content (AvgIpc) is 2.69. The van der Waals surface area contributed by atoms with Gasteiger partial charge in [-0.1, -0.05) is 30.3 Å². The number of carbonyl (C=O) groups is 2. The number of ketones is 1. The van der Waals surface area contributed by atoms with Gasteiger partial charge in [0, 0.05) is 22.9 Å². The lowest BCUT2D eigenvalue weighted by atomic mass is 10.0. The van der Waals surface area contributed by atoms with E-state index in [0.717, 1.165) is 0 Å². The lowest BCUT2D eigenvalue weighted by Gasteiger charge is -2.12. The molecule has 2 aromatic rings. The van der Waals surface area contributed by atoms with E-state index in [0.29, 0.717) is 22.6 Å². The molecule has 0 aliphatic rings. The van der Waals surface area contributed by atoms with Gasteiger partial charge in [-0.25, -0.2) is 4.79 Å². The molecule has 0 heterocycles. The van der Waals surface area contributed by atoms with Gasteiger partial charge in [-0.05, 0) is 19.1 Å². The number of phenolic OH excluding ortho intramolecular Hbond substituents is 1. The van der Waals surface area contributed by atoms with Crippen LogP contribution in [0.15, 0.2) is 59.2 Å². The number of aromatic hydroxyl groups is 1. The number of carbonyl (C=O) groups excluding carboxylic acids is 2. The van der Waals surface area contributed by atoms with Crippen molar-refractivity contribution in [3.05, 3.63) is 65.4 Å². The highest BCUT2D eigenvalue weighted by atomic mass is 32.1. The first-order chi connectivity index (χ1) is 12.9. The van der Waals surface area contributed by atoms with E-state index in [2.05, 4.69) is 12.6 Å². The van der Waals surface area contributed by atoms with Crippen molar-refractivity contribution in [2.45, 2.75) is 18.2 Å². The number of rotatable bonds is 8. The van der Waals surface area contributed by atoms with Crippen LogP contribution >= 0.6 is 12.6 Å². The fraction of sp³-hybridized carbons (Fsp3) is 0.200. The summed E-state index contributed by atoms with van der Waals surface area (Å²) >= 11 is 4.30. The van der Waals surface area contributed by atoms with E-state index in [4.69, 9.17) is 9.47 Å². The van der Waals surface area contributed by atoms with E-state index >= 15 is 0 Å². The van der Waals surface area contributed by atoms with Crippen LogP contribution in [-0.2, 0) is 9.53 Å². The van der Waals surface area contributed by atoms with Crippen LogP contribution in [0.4, 0.5) is 0 Å². The molecule has 0 aliphatic carbocycles. The van der Waals surface area contributed by atoms with Crippen molar-refractivity contribution in [2.24, 2.45) is 0 Å². The summed E-state index contributed by atoms with van der Waals surface area (Å²) in [5.74, 6) is -1.46.